The summed E-state index contributed by atoms with van der Waals surface area (Å²) in [7, 11) is 0. The van der Waals surface area contributed by atoms with Crippen LogP contribution in [-0.2, 0) is 22.6 Å². The Bertz CT molecular complexity index is 512. The molecule has 1 aliphatic heterocycles. The molecule has 1 N–H and O–H groups in total. The number of likely N-dealkylation sites (tertiary alicyclic amines) is 1. The van der Waals surface area contributed by atoms with Crippen LogP contribution in [0.2, 0.25) is 0 Å². The number of carbonyl (C=O) groups excluding carboxylic acids is 1. The first-order valence-corrected chi connectivity index (χ1v) is 8.14. The molecule has 2 heterocycles. The average Bonchev–Trinajstić information content (AvgIpc) is 3.11. The lowest BCUT2D eigenvalue weighted by Crippen LogP contribution is -2.28. The van der Waals surface area contributed by atoms with Crippen LogP contribution in [0.15, 0.2) is 5.16 Å². The van der Waals surface area contributed by atoms with Crippen LogP contribution in [0.5, 0.6) is 0 Å². The van der Waals surface area contributed by atoms with E-state index in [2.05, 4.69) is 10.2 Å². The van der Waals surface area contributed by atoms with Crippen LogP contribution in [0.1, 0.15) is 32.0 Å². The number of hydrogen-bond acceptors (Lipinski definition) is 5. The minimum atomic E-state index is -0.888. The Morgan fingerprint density at radius 2 is 2.00 bits per heavy atom. The van der Waals surface area contributed by atoms with Crippen LogP contribution in [0, 0.1) is 0 Å². The highest BCUT2D eigenvalue weighted by Gasteiger charge is 2.19. The predicted molar refractivity (Wildman–Crippen MR) is 78.2 cm³/mol. The maximum atomic E-state index is 12.1. The number of carboxylic acid groups (broad SMARTS) is 1. The van der Waals surface area contributed by atoms with Gasteiger partial charge in [0.25, 0.3) is 0 Å². The molecule has 1 aliphatic rings. The van der Waals surface area contributed by atoms with E-state index in [1.165, 1.54) is 0 Å². The number of amides is 1. The number of aromatic nitrogens is 3. The molecule has 7 nitrogen and oxygen atoms in total. The molecule has 0 spiro atoms. The van der Waals surface area contributed by atoms with Crippen molar-refractivity contribution in [2.75, 3.05) is 18.8 Å². The summed E-state index contributed by atoms with van der Waals surface area (Å²) < 4.78 is 1.86. The molecule has 1 saturated heterocycles. The predicted octanol–water partition coefficient (Wildman–Crippen LogP) is 1.03. The first-order chi connectivity index (χ1) is 10.1. The fourth-order valence-corrected chi connectivity index (χ4v) is 3.07. The van der Waals surface area contributed by atoms with E-state index in [4.69, 9.17) is 5.11 Å². The Morgan fingerprint density at radius 1 is 1.29 bits per heavy atom. The molecule has 1 aromatic rings. The first kappa shape index (κ1) is 15.8. The minimum absolute atomic E-state index is 0.0537. The van der Waals surface area contributed by atoms with Crippen LogP contribution < -0.4 is 0 Å². The zero-order chi connectivity index (χ0) is 15.2. The second kappa shape index (κ2) is 7.44. The van der Waals surface area contributed by atoms with Gasteiger partial charge in [0.15, 0.2) is 5.16 Å². The summed E-state index contributed by atoms with van der Waals surface area (Å²) >= 11 is 1.14. The van der Waals surface area contributed by atoms with Crippen molar-refractivity contribution in [1.82, 2.24) is 19.7 Å². The lowest BCUT2D eigenvalue weighted by Gasteiger charge is -2.16. The van der Waals surface area contributed by atoms with Crippen molar-refractivity contribution in [3.63, 3.8) is 0 Å². The molecule has 0 radical (unpaired) electrons. The zero-order valence-electron chi connectivity index (χ0n) is 12.1. The molecule has 1 amide bonds. The van der Waals surface area contributed by atoms with E-state index in [1.54, 1.807) is 0 Å². The Morgan fingerprint density at radius 3 is 2.62 bits per heavy atom. The van der Waals surface area contributed by atoms with Crippen molar-refractivity contribution >= 4 is 23.6 Å². The third-order valence-electron chi connectivity index (χ3n) is 3.44. The number of rotatable bonds is 7. The molecular weight excluding hydrogens is 292 g/mol. The van der Waals surface area contributed by atoms with Crippen molar-refractivity contribution in [3.8, 4) is 0 Å². The van der Waals surface area contributed by atoms with Crippen molar-refractivity contribution in [2.45, 2.75) is 44.3 Å². The lowest BCUT2D eigenvalue weighted by molar-refractivity contribution is -0.134. The summed E-state index contributed by atoms with van der Waals surface area (Å²) in [5, 5.41) is 17.4. The number of nitrogens with zero attached hydrogens (tertiary/aromatic N) is 4. The van der Waals surface area contributed by atoms with Gasteiger partial charge in [0.1, 0.15) is 5.82 Å². The van der Waals surface area contributed by atoms with Gasteiger partial charge in [-0.2, -0.15) is 0 Å². The van der Waals surface area contributed by atoms with Crippen LogP contribution in [0.4, 0.5) is 0 Å². The number of aryl methyl sites for hydroxylation is 1. The molecule has 116 valence electrons. The molecule has 0 atom stereocenters. The molecule has 0 unspecified atom stereocenters. The summed E-state index contributed by atoms with van der Waals surface area (Å²) in [5.41, 5.74) is 0. The number of aliphatic carboxylic acids is 1. The molecule has 0 bridgehead atoms. The highest BCUT2D eigenvalue weighted by Crippen LogP contribution is 2.18. The van der Waals surface area contributed by atoms with E-state index in [0.29, 0.717) is 24.5 Å². The molecule has 1 aromatic heterocycles. The fraction of sp³-hybridized carbons (Fsp3) is 0.692. The summed E-state index contributed by atoms with van der Waals surface area (Å²) in [6.07, 6.45) is 3.28. The van der Waals surface area contributed by atoms with Gasteiger partial charge in [0.2, 0.25) is 5.91 Å². The fourth-order valence-electron chi connectivity index (χ4n) is 2.37. The maximum absolute atomic E-state index is 12.1. The van der Waals surface area contributed by atoms with Gasteiger partial charge in [-0.3, -0.25) is 9.59 Å². The van der Waals surface area contributed by atoms with E-state index in [-0.39, 0.29) is 11.7 Å². The monoisotopic (exact) mass is 312 g/mol. The highest BCUT2D eigenvalue weighted by molar-refractivity contribution is 7.99. The molecule has 1 fully saturated rings. The van der Waals surface area contributed by atoms with Crippen molar-refractivity contribution < 1.29 is 14.7 Å². The van der Waals surface area contributed by atoms with Gasteiger partial charge < -0.3 is 14.6 Å². The largest absolute Gasteiger partial charge is 0.481 e. The van der Waals surface area contributed by atoms with Crippen LogP contribution in [0.25, 0.3) is 0 Å². The Kier molecular flexibility index (Phi) is 5.60. The smallest absolute Gasteiger partial charge is 0.313 e. The molecule has 0 saturated carbocycles. The Balaban J connectivity index is 1.98. The van der Waals surface area contributed by atoms with Crippen LogP contribution in [0.3, 0.4) is 0 Å². The second-order valence-corrected chi connectivity index (χ2v) is 5.87. The van der Waals surface area contributed by atoms with E-state index in [1.807, 2.05) is 16.4 Å². The average molecular weight is 312 g/mol. The topological polar surface area (TPSA) is 88.3 Å². The first-order valence-electron chi connectivity index (χ1n) is 7.16. The molecule has 21 heavy (non-hydrogen) atoms. The molecular formula is C13H20N4O3S. The third-order valence-corrected chi connectivity index (χ3v) is 4.39. The van der Waals surface area contributed by atoms with Gasteiger partial charge in [-0.15, -0.1) is 10.2 Å². The van der Waals surface area contributed by atoms with Crippen molar-refractivity contribution in [3.05, 3.63) is 5.82 Å². The van der Waals surface area contributed by atoms with E-state index < -0.39 is 5.97 Å². The van der Waals surface area contributed by atoms with Crippen molar-refractivity contribution in [1.29, 1.82) is 0 Å². The summed E-state index contributed by atoms with van der Waals surface area (Å²) in [4.78, 5) is 24.6. The summed E-state index contributed by atoms with van der Waals surface area (Å²) in [6.45, 7) is 4.17. The van der Waals surface area contributed by atoms with E-state index >= 15 is 0 Å². The highest BCUT2D eigenvalue weighted by atomic mass is 32.2. The molecule has 0 aromatic carbocycles. The van der Waals surface area contributed by atoms with E-state index in [0.717, 1.165) is 43.5 Å². The summed E-state index contributed by atoms with van der Waals surface area (Å²) in [6, 6.07) is 0. The molecule has 2 rings (SSSR count). The number of thioether (sulfide) groups is 1. The standard InChI is InChI=1S/C13H20N4O3S/c1-2-10-14-15-13(21-9-12(19)20)17(10)8-5-11(18)16-6-3-4-7-16/h2-9H2,1H3,(H,19,20). The second-order valence-electron chi connectivity index (χ2n) is 4.92. The number of carboxylic acids is 1. The van der Waals surface area contributed by atoms with E-state index in [9.17, 15) is 9.59 Å². The minimum Gasteiger partial charge on any atom is -0.481 e. The van der Waals surface area contributed by atoms with Crippen LogP contribution >= 0.6 is 11.8 Å². The summed E-state index contributed by atoms with van der Waals surface area (Å²) in [5.74, 6) is -0.00246. The molecule has 8 heteroatoms. The SMILES string of the molecule is CCc1nnc(SCC(=O)O)n1CCC(=O)N1CCCC1. The van der Waals surface area contributed by atoms with Gasteiger partial charge in [0, 0.05) is 32.5 Å². The van der Waals surface area contributed by atoms with Gasteiger partial charge in [-0.25, -0.2) is 0 Å². The maximum Gasteiger partial charge on any atom is 0.313 e. The van der Waals surface area contributed by atoms with Gasteiger partial charge in [-0.1, -0.05) is 18.7 Å². The van der Waals surface area contributed by atoms with Crippen molar-refractivity contribution in [2.24, 2.45) is 0 Å². The van der Waals surface area contributed by atoms with Crippen LogP contribution in [-0.4, -0.2) is 55.5 Å². The van der Waals surface area contributed by atoms with Gasteiger partial charge in [0.05, 0.1) is 5.75 Å². The van der Waals surface area contributed by atoms with Gasteiger partial charge >= 0.3 is 5.97 Å². The third kappa shape index (κ3) is 4.20. The number of hydrogen-bond donors (Lipinski definition) is 1. The quantitative estimate of drug-likeness (QED) is 0.757. The number of carbonyl (C=O) groups is 2. The normalized spacial score (nSPS) is 14.6. The Labute approximate surface area is 127 Å². The lowest BCUT2D eigenvalue weighted by atomic mass is 10.3. The Hall–Kier alpha value is -1.57. The van der Waals surface area contributed by atoms with Gasteiger partial charge in [-0.05, 0) is 12.8 Å². The zero-order valence-corrected chi connectivity index (χ0v) is 12.9. The molecule has 0 aliphatic carbocycles.